The van der Waals surface area contributed by atoms with Crippen LogP contribution in [0.15, 0.2) is 0 Å². The van der Waals surface area contributed by atoms with Crippen LogP contribution in [0, 0.1) is 5.92 Å². The second kappa shape index (κ2) is 1.72. The number of rotatable bonds is 1. The van der Waals surface area contributed by atoms with Gasteiger partial charge in [-0.05, 0) is 19.3 Å². The van der Waals surface area contributed by atoms with Gasteiger partial charge in [-0.3, -0.25) is 4.79 Å². The third kappa shape index (κ3) is 0.611. The van der Waals surface area contributed by atoms with Crippen LogP contribution < -0.4 is 5.32 Å². The molecule has 0 radical (unpaired) electrons. The van der Waals surface area contributed by atoms with E-state index in [1.54, 1.807) is 0 Å². The van der Waals surface area contributed by atoms with Gasteiger partial charge in [0.25, 0.3) is 0 Å². The molecule has 3 nitrogen and oxygen atoms in total. The molecule has 2 fully saturated rings. The average molecular weight is 141 g/mol. The van der Waals surface area contributed by atoms with Crippen molar-refractivity contribution in [2.75, 3.05) is 6.61 Å². The van der Waals surface area contributed by atoms with Gasteiger partial charge in [0.15, 0.2) is 0 Å². The quantitative estimate of drug-likeness (QED) is 0.524. The number of aliphatic hydroxyl groups is 1. The van der Waals surface area contributed by atoms with Gasteiger partial charge in [0.2, 0.25) is 5.91 Å². The standard InChI is InChI=1S/C7H11NO2/c9-4-7-2-1-5(3-7)6(10)8-7/h5,9H,1-4H2,(H,8,10). The minimum atomic E-state index is -0.220. The summed E-state index contributed by atoms with van der Waals surface area (Å²) in [5.41, 5.74) is -0.220. The molecule has 0 spiro atoms. The fourth-order valence-corrected chi connectivity index (χ4v) is 2.01. The van der Waals surface area contributed by atoms with E-state index >= 15 is 0 Å². The topological polar surface area (TPSA) is 49.3 Å². The Hall–Kier alpha value is -0.570. The predicted molar refractivity (Wildman–Crippen MR) is 35.3 cm³/mol. The molecule has 0 aromatic rings. The fraction of sp³-hybridized carbons (Fsp3) is 0.857. The number of piperidine rings is 1. The third-order valence-electron chi connectivity index (χ3n) is 2.67. The first-order valence-electron chi connectivity index (χ1n) is 3.69. The molecule has 2 bridgehead atoms. The Morgan fingerprint density at radius 3 is 2.90 bits per heavy atom. The van der Waals surface area contributed by atoms with Crippen LogP contribution in [0.3, 0.4) is 0 Å². The Morgan fingerprint density at radius 1 is 1.80 bits per heavy atom. The summed E-state index contributed by atoms with van der Waals surface area (Å²) in [5.74, 6) is 0.340. The van der Waals surface area contributed by atoms with E-state index in [2.05, 4.69) is 5.32 Å². The lowest BCUT2D eigenvalue weighted by Gasteiger charge is -2.24. The molecule has 3 heteroatoms. The first-order chi connectivity index (χ1) is 4.76. The molecular weight excluding hydrogens is 130 g/mol. The van der Waals surface area contributed by atoms with Gasteiger partial charge >= 0.3 is 0 Å². The fourth-order valence-electron chi connectivity index (χ4n) is 2.01. The van der Waals surface area contributed by atoms with E-state index in [9.17, 15) is 4.79 Å². The van der Waals surface area contributed by atoms with Crippen LogP contribution in [-0.4, -0.2) is 23.2 Å². The van der Waals surface area contributed by atoms with Crippen LogP contribution in [0.25, 0.3) is 0 Å². The summed E-state index contributed by atoms with van der Waals surface area (Å²) in [6.45, 7) is 0.106. The maximum absolute atomic E-state index is 11.0. The summed E-state index contributed by atoms with van der Waals surface area (Å²) >= 11 is 0. The zero-order valence-electron chi connectivity index (χ0n) is 5.76. The molecule has 0 aromatic heterocycles. The lowest BCUT2D eigenvalue weighted by atomic mass is 10.0. The molecule has 1 saturated carbocycles. The number of carbonyl (C=O) groups is 1. The molecule has 0 aromatic carbocycles. The Bertz CT molecular complexity index is 180. The van der Waals surface area contributed by atoms with Gasteiger partial charge in [-0.15, -0.1) is 0 Å². The summed E-state index contributed by atoms with van der Waals surface area (Å²) in [5, 5.41) is 11.8. The Kier molecular flexibility index (Phi) is 1.06. The predicted octanol–water partition coefficient (Wildman–Crippen LogP) is -0.353. The average Bonchev–Trinajstić information content (AvgIpc) is 2.45. The summed E-state index contributed by atoms with van der Waals surface area (Å²) in [4.78, 5) is 11.0. The van der Waals surface area contributed by atoms with E-state index in [1.165, 1.54) is 0 Å². The van der Waals surface area contributed by atoms with Crippen molar-refractivity contribution in [3.8, 4) is 0 Å². The molecule has 10 heavy (non-hydrogen) atoms. The Balaban J connectivity index is 2.22. The maximum Gasteiger partial charge on any atom is 0.223 e. The van der Waals surface area contributed by atoms with Gasteiger partial charge < -0.3 is 10.4 Å². The van der Waals surface area contributed by atoms with E-state index in [0.29, 0.717) is 0 Å². The van der Waals surface area contributed by atoms with Gasteiger partial charge in [-0.1, -0.05) is 0 Å². The van der Waals surface area contributed by atoms with Gasteiger partial charge in [0.05, 0.1) is 12.1 Å². The number of aliphatic hydroxyl groups excluding tert-OH is 1. The van der Waals surface area contributed by atoms with Crippen molar-refractivity contribution >= 4 is 5.91 Å². The molecule has 2 rings (SSSR count). The number of fused-ring (bicyclic) bond motifs is 2. The van der Waals surface area contributed by atoms with Crippen molar-refractivity contribution in [1.82, 2.24) is 5.32 Å². The van der Waals surface area contributed by atoms with Crippen molar-refractivity contribution in [2.45, 2.75) is 24.8 Å². The molecule has 1 saturated heterocycles. The summed E-state index contributed by atoms with van der Waals surface area (Å²) < 4.78 is 0. The minimum Gasteiger partial charge on any atom is -0.394 e. The molecule has 2 N–H and O–H groups in total. The molecule has 56 valence electrons. The lowest BCUT2D eigenvalue weighted by Crippen LogP contribution is -2.45. The van der Waals surface area contributed by atoms with E-state index in [-0.39, 0.29) is 24.0 Å². The Morgan fingerprint density at radius 2 is 2.60 bits per heavy atom. The molecule has 1 aliphatic carbocycles. The number of carbonyl (C=O) groups excluding carboxylic acids is 1. The van der Waals surface area contributed by atoms with Crippen molar-refractivity contribution in [3.05, 3.63) is 0 Å². The zero-order chi connectivity index (χ0) is 7.19. The van der Waals surface area contributed by atoms with E-state index < -0.39 is 0 Å². The zero-order valence-corrected chi connectivity index (χ0v) is 5.76. The van der Waals surface area contributed by atoms with Crippen molar-refractivity contribution in [2.24, 2.45) is 5.92 Å². The van der Waals surface area contributed by atoms with Gasteiger partial charge in [0, 0.05) is 5.92 Å². The van der Waals surface area contributed by atoms with E-state index in [0.717, 1.165) is 19.3 Å². The first kappa shape index (κ1) is 6.16. The van der Waals surface area contributed by atoms with Crippen LogP contribution in [0.4, 0.5) is 0 Å². The second-order valence-corrected chi connectivity index (χ2v) is 3.37. The van der Waals surface area contributed by atoms with Crippen molar-refractivity contribution < 1.29 is 9.90 Å². The number of hydrogen-bond donors (Lipinski definition) is 2. The van der Waals surface area contributed by atoms with Gasteiger partial charge in [0.1, 0.15) is 0 Å². The van der Waals surface area contributed by atoms with Crippen LogP contribution in [-0.2, 0) is 4.79 Å². The van der Waals surface area contributed by atoms with Crippen molar-refractivity contribution in [1.29, 1.82) is 0 Å². The van der Waals surface area contributed by atoms with Crippen LogP contribution in [0.1, 0.15) is 19.3 Å². The highest BCUT2D eigenvalue weighted by Gasteiger charge is 2.49. The van der Waals surface area contributed by atoms with E-state index in [4.69, 9.17) is 5.11 Å². The second-order valence-electron chi connectivity index (χ2n) is 3.37. The molecule has 1 amide bonds. The van der Waals surface area contributed by atoms with Crippen LogP contribution >= 0.6 is 0 Å². The molecule has 2 atom stereocenters. The van der Waals surface area contributed by atoms with Crippen LogP contribution in [0.5, 0.6) is 0 Å². The smallest absolute Gasteiger partial charge is 0.223 e. The number of hydrogen-bond acceptors (Lipinski definition) is 2. The molecule has 1 heterocycles. The first-order valence-corrected chi connectivity index (χ1v) is 3.69. The molecule has 1 aliphatic heterocycles. The highest BCUT2D eigenvalue weighted by molar-refractivity contribution is 5.83. The number of amides is 1. The number of nitrogens with one attached hydrogen (secondary N) is 1. The summed E-state index contributed by atoms with van der Waals surface area (Å²) in [6, 6.07) is 0. The van der Waals surface area contributed by atoms with Gasteiger partial charge in [-0.25, -0.2) is 0 Å². The SMILES string of the molecule is O=C1NC2(CO)CCC1C2. The van der Waals surface area contributed by atoms with Crippen molar-refractivity contribution in [3.63, 3.8) is 0 Å². The minimum absolute atomic E-state index is 0.106. The maximum atomic E-state index is 11.0. The molecule has 2 unspecified atom stereocenters. The summed E-state index contributed by atoms with van der Waals surface area (Å²) in [7, 11) is 0. The lowest BCUT2D eigenvalue weighted by molar-refractivity contribution is -0.124. The van der Waals surface area contributed by atoms with Crippen LogP contribution in [0.2, 0.25) is 0 Å². The molecular formula is C7H11NO2. The highest BCUT2D eigenvalue weighted by Crippen LogP contribution is 2.39. The molecule has 2 aliphatic rings. The monoisotopic (exact) mass is 141 g/mol. The third-order valence-corrected chi connectivity index (χ3v) is 2.67. The highest BCUT2D eigenvalue weighted by atomic mass is 16.3. The Labute approximate surface area is 59.4 Å². The van der Waals surface area contributed by atoms with E-state index in [1.807, 2.05) is 0 Å². The normalized spacial score (nSPS) is 44.1. The summed E-state index contributed by atoms with van der Waals surface area (Å²) in [6.07, 6.45) is 2.77. The largest absolute Gasteiger partial charge is 0.394 e. The van der Waals surface area contributed by atoms with Gasteiger partial charge in [-0.2, -0.15) is 0 Å².